The number of nitrogens with zero attached hydrogens (tertiary/aromatic N) is 2. The van der Waals surface area contributed by atoms with Crippen molar-refractivity contribution in [3.8, 4) is 0 Å². The lowest BCUT2D eigenvalue weighted by Crippen LogP contribution is -2.11. The van der Waals surface area contributed by atoms with Crippen LogP contribution in [0.25, 0.3) is 10.8 Å². The van der Waals surface area contributed by atoms with Gasteiger partial charge in [-0.2, -0.15) is 0 Å². The van der Waals surface area contributed by atoms with Gasteiger partial charge < -0.3 is 5.32 Å². The Morgan fingerprint density at radius 2 is 1.95 bits per heavy atom. The summed E-state index contributed by atoms with van der Waals surface area (Å²) in [5, 5.41) is 8.95. The Bertz CT molecular complexity index is 751. The van der Waals surface area contributed by atoms with Gasteiger partial charge >= 0.3 is 0 Å². The normalized spacial score (nSPS) is 10.6. The van der Waals surface area contributed by atoms with Gasteiger partial charge in [-0.05, 0) is 41.4 Å². The first-order valence-electron chi connectivity index (χ1n) is 5.83. The number of carbonyl (C=O) groups excluding carboxylic acids is 1. The summed E-state index contributed by atoms with van der Waals surface area (Å²) in [7, 11) is 0. The third-order valence-corrected chi connectivity index (χ3v) is 3.69. The maximum Gasteiger partial charge on any atom is 0.269 e. The monoisotopic (exact) mass is 269 g/mol. The topological polar surface area (TPSA) is 54.9 Å². The van der Waals surface area contributed by atoms with E-state index in [1.807, 2.05) is 42.5 Å². The molecule has 0 saturated carbocycles. The van der Waals surface area contributed by atoms with Crippen LogP contribution in [0.1, 0.15) is 15.4 Å². The van der Waals surface area contributed by atoms with Crippen molar-refractivity contribution in [3.63, 3.8) is 0 Å². The summed E-state index contributed by atoms with van der Waals surface area (Å²) in [4.78, 5) is 12.6. The fourth-order valence-corrected chi connectivity index (χ4v) is 2.45. The Balaban J connectivity index is 1.89. The highest BCUT2D eigenvalue weighted by molar-refractivity contribution is 7.08. The second-order valence-corrected chi connectivity index (χ2v) is 4.96. The number of amides is 1. The molecule has 0 aliphatic carbocycles. The summed E-state index contributed by atoms with van der Waals surface area (Å²) >= 11 is 1.11. The van der Waals surface area contributed by atoms with Gasteiger partial charge in [-0.3, -0.25) is 4.79 Å². The number of nitrogens with one attached hydrogen (secondary N) is 1. The number of carbonyl (C=O) groups is 1. The van der Waals surface area contributed by atoms with Crippen molar-refractivity contribution in [2.45, 2.75) is 6.92 Å². The first-order chi connectivity index (χ1) is 9.24. The van der Waals surface area contributed by atoms with Crippen LogP contribution in [0.15, 0.2) is 42.5 Å². The van der Waals surface area contributed by atoms with Gasteiger partial charge in [0.2, 0.25) is 0 Å². The van der Waals surface area contributed by atoms with Gasteiger partial charge in [0, 0.05) is 5.69 Å². The molecule has 3 rings (SSSR count). The molecule has 1 heterocycles. The quantitative estimate of drug-likeness (QED) is 0.777. The molecule has 19 heavy (non-hydrogen) atoms. The molecule has 0 unspecified atom stereocenters. The average Bonchev–Trinajstić information content (AvgIpc) is 2.85. The van der Waals surface area contributed by atoms with Gasteiger partial charge in [-0.25, -0.2) is 0 Å². The van der Waals surface area contributed by atoms with E-state index in [1.165, 1.54) is 0 Å². The molecule has 5 heteroatoms. The largest absolute Gasteiger partial charge is 0.321 e. The molecule has 94 valence electrons. The van der Waals surface area contributed by atoms with Crippen molar-refractivity contribution in [1.82, 2.24) is 9.59 Å². The average molecular weight is 269 g/mol. The lowest BCUT2D eigenvalue weighted by atomic mass is 10.1. The standard InChI is InChI=1S/C14H11N3OS/c1-9-13(19-17-16-9)14(18)15-12-7-6-10-4-2-3-5-11(10)8-12/h2-8H,1H3,(H,15,18). The van der Waals surface area contributed by atoms with Crippen molar-refractivity contribution < 1.29 is 4.79 Å². The van der Waals surface area contributed by atoms with Crippen LogP contribution in [-0.2, 0) is 0 Å². The Hall–Kier alpha value is -2.27. The molecule has 0 bridgehead atoms. The van der Waals surface area contributed by atoms with Gasteiger partial charge in [-0.15, -0.1) is 5.10 Å². The van der Waals surface area contributed by atoms with E-state index in [1.54, 1.807) is 6.92 Å². The maximum atomic E-state index is 12.1. The third-order valence-electron chi connectivity index (χ3n) is 2.87. The molecule has 3 aromatic rings. The number of hydrogen-bond donors (Lipinski definition) is 1. The fraction of sp³-hybridized carbons (Fsp3) is 0.0714. The second kappa shape index (κ2) is 4.78. The van der Waals surface area contributed by atoms with Crippen LogP contribution in [0.2, 0.25) is 0 Å². The Morgan fingerprint density at radius 1 is 1.16 bits per heavy atom. The van der Waals surface area contributed by atoms with Crippen molar-refractivity contribution in [2.24, 2.45) is 0 Å². The van der Waals surface area contributed by atoms with E-state index < -0.39 is 0 Å². The molecule has 1 aromatic heterocycles. The van der Waals surface area contributed by atoms with E-state index in [2.05, 4.69) is 14.9 Å². The lowest BCUT2D eigenvalue weighted by molar-refractivity contribution is 0.103. The highest BCUT2D eigenvalue weighted by Gasteiger charge is 2.13. The zero-order chi connectivity index (χ0) is 13.2. The molecule has 0 fully saturated rings. The minimum absolute atomic E-state index is 0.164. The zero-order valence-electron chi connectivity index (χ0n) is 10.3. The summed E-state index contributed by atoms with van der Waals surface area (Å²) in [5.41, 5.74) is 1.43. The van der Waals surface area contributed by atoms with Gasteiger partial charge in [0.25, 0.3) is 5.91 Å². The summed E-state index contributed by atoms with van der Waals surface area (Å²) < 4.78 is 3.77. The fourth-order valence-electron chi connectivity index (χ4n) is 1.89. The van der Waals surface area contributed by atoms with Crippen molar-refractivity contribution in [3.05, 3.63) is 53.0 Å². The van der Waals surface area contributed by atoms with Crippen molar-refractivity contribution >= 4 is 33.9 Å². The van der Waals surface area contributed by atoms with Gasteiger partial charge in [-0.1, -0.05) is 34.8 Å². The van der Waals surface area contributed by atoms with E-state index in [-0.39, 0.29) is 5.91 Å². The van der Waals surface area contributed by atoms with Crippen LogP contribution in [-0.4, -0.2) is 15.5 Å². The van der Waals surface area contributed by atoms with Gasteiger partial charge in [0.15, 0.2) is 0 Å². The summed E-state index contributed by atoms with van der Waals surface area (Å²) in [6.07, 6.45) is 0. The smallest absolute Gasteiger partial charge is 0.269 e. The molecule has 0 radical (unpaired) electrons. The van der Waals surface area contributed by atoms with E-state index in [4.69, 9.17) is 0 Å². The van der Waals surface area contributed by atoms with Gasteiger partial charge in [0.05, 0.1) is 5.69 Å². The van der Waals surface area contributed by atoms with Crippen LogP contribution in [0.5, 0.6) is 0 Å². The molecule has 0 aliphatic heterocycles. The lowest BCUT2D eigenvalue weighted by Gasteiger charge is -2.05. The molecule has 0 atom stereocenters. The first kappa shape index (κ1) is 11.8. The number of fused-ring (bicyclic) bond motifs is 1. The molecule has 4 nitrogen and oxygen atoms in total. The molecular weight excluding hydrogens is 258 g/mol. The van der Waals surface area contributed by atoms with E-state index >= 15 is 0 Å². The summed E-state index contributed by atoms with van der Waals surface area (Å²) in [5.74, 6) is -0.164. The first-order valence-corrected chi connectivity index (χ1v) is 6.60. The Labute approximate surface area is 114 Å². The van der Waals surface area contributed by atoms with Crippen LogP contribution >= 0.6 is 11.5 Å². The number of anilines is 1. The predicted molar refractivity (Wildman–Crippen MR) is 76.5 cm³/mol. The number of rotatable bonds is 2. The molecule has 0 aliphatic rings. The highest BCUT2D eigenvalue weighted by Crippen LogP contribution is 2.20. The Morgan fingerprint density at radius 3 is 2.68 bits per heavy atom. The molecule has 1 amide bonds. The molecular formula is C14H11N3OS. The van der Waals surface area contributed by atoms with Gasteiger partial charge in [0.1, 0.15) is 4.88 Å². The number of aryl methyl sites for hydroxylation is 1. The van der Waals surface area contributed by atoms with Crippen molar-refractivity contribution in [1.29, 1.82) is 0 Å². The predicted octanol–water partition coefficient (Wildman–Crippen LogP) is 3.25. The summed E-state index contributed by atoms with van der Waals surface area (Å²) in [6, 6.07) is 13.9. The van der Waals surface area contributed by atoms with Crippen LogP contribution in [0.3, 0.4) is 0 Å². The van der Waals surface area contributed by atoms with E-state index in [0.717, 1.165) is 28.0 Å². The van der Waals surface area contributed by atoms with Crippen LogP contribution in [0, 0.1) is 6.92 Å². The van der Waals surface area contributed by atoms with Crippen LogP contribution < -0.4 is 5.32 Å². The van der Waals surface area contributed by atoms with E-state index in [9.17, 15) is 4.79 Å². The highest BCUT2D eigenvalue weighted by atomic mass is 32.1. The van der Waals surface area contributed by atoms with Crippen LogP contribution in [0.4, 0.5) is 5.69 Å². The minimum atomic E-state index is -0.164. The minimum Gasteiger partial charge on any atom is -0.321 e. The second-order valence-electron chi connectivity index (χ2n) is 4.20. The molecule has 0 saturated heterocycles. The third kappa shape index (κ3) is 2.32. The summed E-state index contributed by atoms with van der Waals surface area (Å²) in [6.45, 7) is 1.78. The molecule has 2 aromatic carbocycles. The maximum absolute atomic E-state index is 12.1. The SMILES string of the molecule is Cc1nnsc1C(=O)Nc1ccc2ccccc2c1. The number of aromatic nitrogens is 2. The number of benzene rings is 2. The molecule has 0 spiro atoms. The number of hydrogen-bond acceptors (Lipinski definition) is 4. The molecule has 1 N–H and O–H groups in total. The Kier molecular flexibility index (Phi) is 2.97. The van der Waals surface area contributed by atoms with E-state index in [0.29, 0.717) is 10.6 Å². The zero-order valence-corrected chi connectivity index (χ0v) is 11.1. The van der Waals surface area contributed by atoms with Crippen molar-refractivity contribution in [2.75, 3.05) is 5.32 Å².